The van der Waals surface area contributed by atoms with E-state index in [9.17, 15) is 18.4 Å². The monoisotopic (exact) mass is 565 g/mol. The number of aromatic nitrogens is 1. The third-order valence-corrected chi connectivity index (χ3v) is 8.58. The number of nitrogens with zero attached hydrogens (tertiary/aromatic N) is 2. The van der Waals surface area contributed by atoms with Gasteiger partial charge in [-0.15, -0.1) is 0 Å². The third kappa shape index (κ3) is 4.69. The number of fused-ring (bicyclic) bond motifs is 4. The summed E-state index contributed by atoms with van der Waals surface area (Å²) >= 11 is 3.87. The van der Waals surface area contributed by atoms with Gasteiger partial charge in [0.2, 0.25) is 11.2 Å². The molecule has 3 aliphatic rings. The zero-order valence-electron chi connectivity index (χ0n) is 18.4. The van der Waals surface area contributed by atoms with E-state index < -0.39 is 11.6 Å². The third-order valence-electron chi connectivity index (χ3n) is 6.00. The topological polar surface area (TPSA) is 72.8 Å². The van der Waals surface area contributed by atoms with Crippen LogP contribution in [0, 0.1) is 11.6 Å². The normalized spacial score (nSPS) is 18.0. The van der Waals surface area contributed by atoms with Crippen LogP contribution in [0.4, 0.5) is 8.78 Å². The summed E-state index contributed by atoms with van der Waals surface area (Å²) < 4.78 is 39.8. The fraction of sp³-hybridized carbons (Fsp3) is 0.250. The number of hydrogen-bond donors (Lipinski definition) is 2. The Labute approximate surface area is 211 Å². The van der Waals surface area contributed by atoms with Crippen LogP contribution in [0.2, 0.25) is 0 Å². The molecule has 1 saturated heterocycles. The molecular formula is C24H21F2N3O4SSe. The minimum Gasteiger partial charge on any atom is -0.422 e. The first kappa shape index (κ1) is 23.9. The van der Waals surface area contributed by atoms with Gasteiger partial charge in [0.1, 0.15) is 6.17 Å². The summed E-state index contributed by atoms with van der Waals surface area (Å²) in [5, 5.41) is 0.714. The van der Waals surface area contributed by atoms with Crippen LogP contribution in [0.1, 0.15) is 27.2 Å². The van der Waals surface area contributed by atoms with Crippen LogP contribution in [0.5, 0.6) is 5.75 Å². The van der Waals surface area contributed by atoms with Gasteiger partial charge in [-0.1, -0.05) is 0 Å². The molecule has 0 bridgehead atoms. The van der Waals surface area contributed by atoms with Gasteiger partial charge in [0.25, 0.3) is 5.91 Å². The summed E-state index contributed by atoms with van der Waals surface area (Å²) in [6.45, 7) is 1.37. The van der Waals surface area contributed by atoms with E-state index in [2.05, 4.69) is 30.5 Å². The number of carbonyl (C=O) groups is 1. The average Bonchev–Trinajstić information content (AvgIpc) is 3.04. The number of halogens is 2. The summed E-state index contributed by atoms with van der Waals surface area (Å²) in [5.74, 6) is -1.20. The molecule has 4 heterocycles. The number of nitrogens with one attached hydrogen (secondary N) is 1. The smallest absolute Gasteiger partial charge is 0.278 e. The Morgan fingerprint density at radius 1 is 1.14 bits per heavy atom. The average molecular weight is 564 g/mol. The van der Waals surface area contributed by atoms with Gasteiger partial charge in [-0.2, -0.15) is 0 Å². The molecule has 7 nitrogen and oxygen atoms in total. The van der Waals surface area contributed by atoms with E-state index in [1.165, 1.54) is 33.0 Å². The van der Waals surface area contributed by atoms with E-state index in [-0.39, 0.29) is 43.9 Å². The number of rotatable bonds is 1. The summed E-state index contributed by atoms with van der Waals surface area (Å²) in [4.78, 5) is 25.6. The van der Waals surface area contributed by atoms with Crippen LogP contribution in [-0.2, 0) is 16.5 Å². The van der Waals surface area contributed by atoms with E-state index >= 15 is 0 Å². The molecule has 0 radical (unpaired) electrons. The zero-order valence-corrected chi connectivity index (χ0v) is 21.0. The number of hydrogen-bond acceptors (Lipinski definition) is 6. The minimum absolute atomic E-state index is 0.0664. The van der Waals surface area contributed by atoms with Gasteiger partial charge in [-0.05, 0) is 0 Å². The van der Waals surface area contributed by atoms with Crippen molar-refractivity contribution in [2.24, 2.45) is 0 Å². The van der Waals surface area contributed by atoms with Crippen molar-refractivity contribution in [3.8, 4) is 5.75 Å². The van der Waals surface area contributed by atoms with Crippen LogP contribution in [-0.4, -0.2) is 56.4 Å². The fourth-order valence-electron chi connectivity index (χ4n) is 4.29. The van der Waals surface area contributed by atoms with Crippen LogP contribution in [0.3, 0.4) is 0 Å². The van der Waals surface area contributed by atoms with Gasteiger partial charge in [0.15, 0.2) is 5.69 Å². The summed E-state index contributed by atoms with van der Waals surface area (Å²) in [7, 11) is 0. The molecule has 1 amide bonds. The first-order chi connectivity index (χ1) is 17.0. The first-order valence-corrected chi connectivity index (χ1v) is 13.3. The quantitative estimate of drug-likeness (QED) is 0.268. The molecule has 11 heteroatoms. The van der Waals surface area contributed by atoms with Gasteiger partial charge in [-0.3, -0.25) is 14.3 Å². The first-order valence-electron chi connectivity index (χ1n) is 10.9. The number of thiol groups is 1. The number of amides is 1. The van der Waals surface area contributed by atoms with Crippen molar-refractivity contribution in [2.45, 2.75) is 17.9 Å². The fourth-order valence-corrected chi connectivity index (χ4v) is 6.82. The predicted molar refractivity (Wildman–Crippen MR) is 130 cm³/mol. The van der Waals surface area contributed by atoms with E-state index in [1.807, 2.05) is 12.1 Å². The Morgan fingerprint density at radius 2 is 1.97 bits per heavy atom. The second-order valence-corrected chi connectivity index (χ2v) is 10.5. The molecule has 1 atom stereocenters. The van der Waals surface area contributed by atoms with Gasteiger partial charge < -0.3 is 19.2 Å². The van der Waals surface area contributed by atoms with Crippen molar-refractivity contribution in [2.75, 3.05) is 25.2 Å². The number of ether oxygens (including phenoxy) is 1. The molecule has 0 spiro atoms. The van der Waals surface area contributed by atoms with Gasteiger partial charge >= 0.3 is 105 Å². The molecule has 182 valence electrons. The second kappa shape index (κ2) is 10.0. The molecule has 1 fully saturated rings. The second-order valence-electron chi connectivity index (χ2n) is 8.14. The van der Waals surface area contributed by atoms with Gasteiger partial charge in [0, 0.05) is 31.7 Å². The number of carbonyl (C=O) groups excluding carboxylic acids is 1. The van der Waals surface area contributed by atoms with Crippen molar-refractivity contribution >= 4 is 38.2 Å². The summed E-state index contributed by atoms with van der Waals surface area (Å²) in [6.07, 6.45) is 1.91. The minimum atomic E-state index is -0.479. The van der Waals surface area contributed by atoms with Crippen molar-refractivity contribution in [3.05, 3.63) is 92.9 Å². The number of benzene rings is 2. The maximum atomic E-state index is 13.7. The van der Waals surface area contributed by atoms with Crippen molar-refractivity contribution in [1.29, 1.82) is 0 Å². The molecule has 6 rings (SSSR count). The van der Waals surface area contributed by atoms with Crippen molar-refractivity contribution in [3.63, 3.8) is 0 Å². The van der Waals surface area contributed by atoms with E-state index in [4.69, 9.17) is 8.92 Å². The largest absolute Gasteiger partial charge is 0.422 e. The molecule has 1 N–H and O–H groups in total. The summed E-state index contributed by atoms with van der Waals surface area (Å²) in [6, 6.07) is 11.9. The molecule has 0 aliphatic carbocycles. The maximum absolute atomic E-state index is 13.7. The Balaban J connectivity index is 0.000000145. The molecule has 3 aliphatic heterocycles. The molecule has 3 aromatic rings. The van der Waals surface area contributed by atoms with Crippen molar-refractivity contribution < 1.29 is 22.5 Å². The SMILES string of the molecule is Fc1cc(F)c2c(c1)Cc1ccccc1[Se]C2.O=C1c2c(OS)c(=O)ccn2NC2COCCN12. The maximum Gasteiger partial charge on any atom is 0.278 e. The van der Waals surface area contributed by atoms with Crippen LogP contribution < -0.4 is 19.5 Å². The summed E-state index contributed by atoms with van der Waals surface area (Å²) in [5.41, 5.74) is 5.56. The Kier molecular flexibility index (Phi) is 6.84. The Bertz CT molecular complexity index is 1350. The predicted octanol–water partition coefficient (Wildman–Crippen LogP) is 1.83. The zero-order chi connectivity index (χ0) is 24.5. The Hall–Kier alpha value is -2.85. The molecular weight excluding hydrogens is 543 g/mol. The van der Waals surface area contributed by atoms with Crippen LogP contribution in [0.15, 0.2) is 53.5 Å². The van der Waals surface area contributed by atoms with Crippen LogP contribution >= 0.6 is 12.9 Å². The standard InChI is InChI=1S/C14H10F2Se.C10H11N3O4S/c15-11-6-10-5-9-3-1-2-4-14(9)17-8-12(10)13(16)7-11;14-6-1-2-13-8(9(6)17-18)10(15)12-3-4-16-5-7(12)11-13/h1-4,6-7H,5,8H2;1-2,7,11,18H,3-5H2. The van der Waals surface area contributed by atoms with Crippen LogP contribution in [0.25, 0.3) is 0 Å². The van der Waals surface area contributed by atoms with Gasteiger partial charge in [-0.25, -0.2) is 0 Å². The number of pyridine rings is 1. The van der Waals surface area contributed by atoms with Crippen molar-refractivity contribution in [1.82, 2.24) is 9.58 Å². The molecule has 35 heavy (non-hydrogen) atoms. The van der Waals surface area contributed by atoms with E-state index in [0.717, 1.165) is 11.6 Å². The number of morpholine rings is 1. The molecule has 0 saturated carbocycles. The molecule has 1 aromatic heterocycles. The van der Waals surface area contributed by atoms with Gasteiger partial charge in [0.05, 0.1) is 13.2 Å². The molecule has 1 unspecified atom stereocenters. The Morgan fingerprint density at radius 3 is 2.80 bits per heavy atom. The van der Waals surface area contributed by atoms with E-state index in [0.29, 0.717) is 37.1 Å². The van der Waals surface area contributed by atoms with E-state index in [1.54, 1.807) is 4.90 Å². The molecule has 2 aromatic carbocycles.